The van der Waals surface area contributed by atoms with Crippen molar-refractivity contribution in [1.29, 1.82) is 0 Å². The van der Waals surface area contributed by atoms with Gasteiger partial charge in [0, 0.05) is 12.1 Å². The van der Waals surface area contributed by atoms with Gasteiger partial charge in [-0.3, -0.25) is 4.79 Å². The van der Waals surface area contributed by atoms with E-state index in [4.69, 9.17) is 11.6 Å². The molecule has 0 aliphatic heterocycles. The van der Waals surface area contributed by atoms with Gasteiger partial charge in [0.15, 0.2) is 4.80 Å². The van der Waals surface area contributed by atoms with Crippen molar-refractivity contribution in [2.45, 2.75) is 27.2 Å². The van der Waals surface area contributed by atoms with Gasteiger partial charge in [-0.15, -0.1) is 0 Å². The molecular weight excluding hydrogens is 340 g/mol. The molecule has 0 saturated carbocycles. The van der Waals surface area contributed by atoms with Gasteiger partial charge in [-0.25, -0.2) is 0 Å². The van der Waals surface area contributed by atoms with Gasteiger partial charge >= 0.3 is 0 Å². The van der Waals surface area contributed by atoms with E-state index in [0.717, 1.165) is 31.9 Å². The summed E-state index contributed by atoms with van der Waals surface area (Å²) in [4.78, 5) is 17.4. The molecule has 0 N–H and O–H groups in total. The van der Waals surface area contributed by atoms with Crippen LogP contribution in [0.5, 0.6) is 0 Å². The van der Waals surface area contributed by atoms with Crippen LogP contribution in [-0.4, -0.2) is 10.5 Å². The van der Waals surface area contributed by atoms with Crippen molar-refractivity contribution in [3.63, 3.8) is 0 Å². The fourth-order valence-electron chi connectivity index (χ4n) is 2.86. The highest BCUT2D eigenvalue weighted by atomic mass is 35.5. The van der Waals surface area contributed by atoms with E-state index in [-0.39, 0.29) is 5.91 Å². The summed E-state index contributed by atoms with van der Waals surface area (Å²) < 4.78 is 3.03. The van der Waals surface area contributed by atoms with Crippen molar-refractivity contribution in [3.8, 4) is 0 Å². The zero-order valence-corrected chi connectivity index (χ0v) is 15.8. The lowest BCUT2D eigenvalue weighted by atomic mass is 10.0. The summed E-state index contributed by atoms with van der Waals surface area (Å²) in [6.45, 7) is 6.06. The van der Waals surface area contributed by atoms with E-state index in [1.165, 1.54) is 16.9 Å². The first-order chi connectivity index (χ1) is 11.4. The maximum atomic E-state index is 12.4. The largest absolute Gasteiger partial charge is 0.319 e. The number of nitrogens with zero attached hydrogens (tertiary/aromatic N) is 2. The van der Waals surface area contributed by atoms with Crippen molar-refractivity contribution in [2.75, 3.05) is 0 Å². The molecule has 1 heterocycles. The molecule has 1 amide bonds. The molecule has 3 rings (SSSR count). The van der Waals surface area contributed by atoms with E-state index in [1.807, 2.05) is 56.7 Å². The van der Waals surface area contributed by atoms with Crippen molar-refractivity contribution in [1.82, 2.24) is 4.57 Å². The van der Waals surface area contributed by atoms with E-state index in [1.54, 1.807) is 0 Å². The molecule has 3 nitrogen and oxygen atoms in total. The van der Waals surface area contributed by atoms with Gasteiger partial charge in [0.2, 0.25) is 0 Å². The Kier molecular flexibility index (Phi) is 4.61. The van der Waals surface area contributed by atoms with Gasteiger partial charge in [0.25, 0.3) is 5.91 Å². The summed E-state index contributed by atoms with van der Waals surface area (Å²) in [5, 5.41) is 0.726. The number of carbonyl (C=O) groups is 1. The maximum Gasteiger partial charge on any atom is 0.252 e. The topological polar surface area (TPSA) is 34.4 Å². The molecular formula is C19H19ClN2OS. The highest BCUT2D eigenvalue weighted by Gasteiger charge is 2.10. The molecule has 24 heavy (non-hydrogen) atoms. The third-order valence-electron chi connectivity index (χ3n) is 4.21. The summed E-state index contributed by atoms with van der Waals surface area (Å²) in [5.41, 5.74) is 5.39. The van der Waals surface area contributed by atoms with Gasteiger partial charge in [-0.2, -0.15) is 4.99 Å². The molecule has 3 aromatic rings. The third kappa shape index (κ3) is 3.17. The minimum atomic E-state index is -0.132. The Morgan fingerprint density at radius 2 is 1.96 bits per heavy atom. The zero-order valence-electron chi connectivity index (χ0n) is 14.2. The Bertz CT molecular complexity index is 1010. The van der Waals surface area contributed by atoms with Crippen LogP contribution in [0.4, 0.5) is 0 Å². The first-order valence-electron chi connectivity index (χ1n) is 7.75. The molecule has 0 unspecified atom stereocenters. The van der Waals surface area contributed by atoms with Crippen LogP contribution in [0.2, 0.25) is 5.02 Å². The molecule has 0 fully saturated rings. The summed E-state index contributed by atoms with van der Waals surface area (Å²) >= 11 is 7.71. The van der Waals surface area contributed by atoms with Gasteiger partial charge in [-0.1, -0.05) is 46.7 Å². The van der Waals surface area contributed by atoms with E-state index in [2.05, 4.69) is 11.1 Å². The lowest BCUT2D eigenvalue weighted by Gasteiger charge is -2.04. The quantitative estimate of drug-likeness (QED) is 0.664. The van der Waals surface area contributed by atoms with E-state index in [0.29, 0.717) is 11.2 Å². The smallest absolute Gasteiger partial charge is 0.252 e. The minimum Gasteiger partial charge on any atom is -0.319 e. The normalized spacial score (nSPS) is 12.1. The number of carbonyl (C=O) groups excluding carboxylic acids is 1. The first-order valence-corrected chi connectivity index (χ1v) is 8.94. The Hall–Kier alpha value is -1.91. The number of benzene rings is 2. The predicted molar refractivity (Wildman–Crippen MR) is 101 cm³/mol. The fraction of sp³-hybridized carbons (Fsp3) is 0.263. The van der Waals surface area contributed by atoms with Crippen LogP contribution in [0.25, 0.3) is 10.2 Å². The predicted octanol–water partition coefficient (Wildman–Crippen LogP) is 4.49. The molecule has 0 spiro atoms. The van der Waals surface area contributed by atoms with Gasteiger partial charge in [0.1, 0.15) is 0 Å². The summed E-state index contributed by atoms with van der Waals surface area (Å²) in [6, 6.07) is 9.99. The summed E-state index contributed by atoms with van der Waals surface area (Å²) in [5.74, 6) is -0.132. The molecule has 0 aliphatic carbocycles. The fourth-order valence-corrected chi connectivity index (χ4v) is 4.11. The van der Waals surface area contributed by atoms with Crippen LogP contribution in [0.15, 0.2) is 35.3 Å². The van der Waals surface area contributed by atoms with Gasteiger partial charge in [0.05, 0.1) is 16.6 Å². The van der Waals surface area contributed by atoms with Crippen LogP contribution in [0, 0.1) is 20.8 Å². The Morgan fingerprint density at radius 3 is 2.67 bits per heavy atom. The molecule has 0 saturated heterocycles. The van der Waals surface area contributed by atoms with Crippen molar-refractivity contribution in [3.05, 3.63) is 62.4 Å². The van der Waals surface area contributed by atoms with Crippen LogP contribution >= 0.6 is 22.9 Å². The monoisotopic (exact) mass is 358 g/mol. The lowest BCUT2D eigenvalue weighted by Crippen LogP contribution is -2.14. The van der Waals surface area contributed by atoms with Crippen molar-refractivity contribution < 1.29 is 4.79 Å². The SMILES string of the molecule is Cc1ccc(CC(=O)N=c2sc3ccc(Cl)c(C)c3n2C)c(C)c1. The number of thiazole rings is 1. The van der Waals surface area contributed by atoms with Crippen molar-refractivity contribution in [2.24, 2.45) is 12.0 Å². The summed E-state index contributed by atoms with van der Waals surface area (Å²) in [7, 11) is 1.92. The number of halogens is 1. The van der Waals surface area contributed by atoms with E-state index >= 15 is 0 Å². The molecule has 124 valence electrons. The maximum absolute atomic E-state index is 12.4. The Balaban J connectivity index is 1.99. The number of hydrogen-bond acceptors (Lipinski definition) is 2. The lowest BCUT2D eigenvalue weighted by molar-refractivity contribution is -0.117. The molecule has 0 atom stereocenters. The molecule has 0 aliphatic rings. The molecule has 0 radical (unpaired) electrons. The van der Waals surface area contributed by atoms with Gasteiger partial charge < -0.3 is 4.57 Å². The number of amides is 1. The second kappa shape index (κ2) is 6.54. The first kappa shape index (κ1) is 16.9. The van der Waals surface area contributed by atoms with Gasteiger partial charge in [-0.05, 0) is 49.6 Å². The van der Waals surface area contributed by atoms with Crippen molar-refractivity contribution >= 4 is 39.1 Å². The zero-order chi connectivity index (χ0) is 17.4. The number of aromatic nitrogens is 1. The standard InChI is InChI=1S/C19H19ClN2OS/c1-11-5-6-14(12(2)9-11)10-17(23)21-19-22(4)18-13(3)15(20)7-8-16(18)24-19/h5-9H,10H2,1-4H3. The molecule has 0 bridgehead atoms. The highest BCUT2D eigenvalue weighted by molar-refractivity contribution is 7.16. The van der Waals surface area contributed by atoms with Crippen LogP contribution < -0.4 is 4.80 Å². The number of rotatable bonds is 2. The van der Waals surface area contributed by atoms with E-state index < -0.39 is 0 Å². The number of aryl methyl sites for hydroxylation is 4. The van der Waals surface area contributed by atoms with E-state index in [9.17, 15) is 4.79 Å². The van der Waals surface area contributed by atoms with Crippen LogP contribution in [0.1, 0.15) is 22.3 Å². The average Bonchev–Trinajstić information content (AvgIpc) is 2.83. The second-order valence-corrected chi connectivity index (χ2v) is 7.49. The molecule has 2 aromatic carbocycles. The van der Waals surface area contributed by atoms with Crippen LogP contribution in [-0.2, 0) is 18.3 Å². The number of hydrogen-bond donors (Lipinski definition) is 0. The average molecular weight is 359 g/mol. The minimum absolute atomic E-state index is 0.132. The van der Waals surface area contributed by atoms with Crippen LogP contribution in [0.3, 0.4) is 0 Å². The third-order valence-corrected chi connectivity index (χ3v) is 5.72. The number of fused-ring (bicyclic) bond motifs is 1. The highest BCUT2D eigenvalue weighted by Crippen LogP contribution is 2.26. The second-order valence-electron chi connectivity index (χ2n) is 6.08. The Labute approximate surface area is 150 Å². The summed E-state index contributed by atoms with van der Waals surface area (Å²) in [6.07, 6.45) is 0.320. The molecule has 5 heteroatoms. The molecule has 1 aromatic heterocycles. The Morgan fingerprint density at radius 1 is 1.21 bits per heavy atom.